The average molecular weight is 398 g/mol. The number of nitrogens with one attached hydrogen (secondary N) is 2. The van der Waals surface area contributed by atoms with Crippen molar-refractivity contribution < 1.29 is 26.4 Å². The van der Waals surface area contributed by atoms with E-state index >= 15 is 0 Å². The fourth-order valence-electron chi connectivity index (χ4n) is 2.05. The molecule has 0 saturated carbocycles. The van der Waals surface area contributed by atoms with Gasteiger partial charge in [-0.15, -0.1) is 0 Å². The molecule has 2 N–H and O–H groups in total. The monoisotopic (exact) mass is 398 g/mol. The van der Waals surface area contributed by atoms with E-state index in [4.69, 9.17) is 4.74 Å². The van der Waals surface area contributed by atoms with Gasteiger partial charge in [-0.3, -0.25) is 9.44 Å². The summed E-state index contributed by atoms with van der Waals surface area (Å²) in [5, 5.41) is 0. The molecule has 0 aliphatic heterocycles. The van der Waals surface area contributed by atoms with E-state index in [2.05, 4.69) is 9.44 Å². The Bertz CT molecular complexity index is 999. The highest BCUT2D eigenvalue weighted by atomic mass is 32.2. The van der Waals surface area contributed by atoms with Crippen LogP contribution >= 0.6 is 0 Å². The van der Waals surface area contributed by atoms with Gasteiger partial charge in [0.2, 0.25) is 10.0 Å². The van der Waals surface area contributed by atoms with Gasteiger partial charge in [-0.2, -0.15) is 0 Å². The second kappa shape index (κ2) is 7.75. The molecular weight excluding hydrogens is 380 g/mol. The van der Waals surface area contributed by atoms with Gasteiger partial charge in [-0.1, -0.05) is 12.1 Å². The molecule has 0 spiro atoms. The van der Waals surface area contributed by atoms with Gasteiger partial charge in [0.1, 0.15) is 0 Å². The van der Waals surface area contributed by atoms with Crippen molar-refractivity contribution in [3.63, 3.8) is 0 Å². The molecule has 0 saturated heterocycles. The minimum atomic E-state index is -3.98. The summed E-state index contributed by atoms with van der Waals surface area (Å²) in [5.41, 5.74) is 0.402. The number of rotatable bonds is 7. The van der Waals surface area contributed by atoms with Gasteiger partial charge in [0.25, 0.3) is 10.0 Å². The predicted octanol–water partition coefficient (Wildman–Crippen LogP) is 2.04. The number of sulfonamides is 2. The first-order chi connectivity index (χ1) is 12.1. The van der Waals surface area contributed by atoms with Crippen LogP contribution in [-0.2, 0) is 24.8 Å². The first-order valence-electron chi connectivity index (χ1n) is 7.49. The molecule has 2 rings (SSSR count). The van der Waals surface area contributed by atoms with Gasteiger partial charge in [0, 0.05) is 0 Å². The molecule has 10 heteroatoms. The summed E-state index contributed by atoms with van der Waals surface area (Å²) in [5.74, 6) is -0.549. The molecule has 8 nitrogen and oxygen atoms in total. The van der Waals surface area contributed by atoms with Crippen LogP contribution in [0, 0.1) is 0 Å². The Balaban J connectivity index is 2.28. The molecule has 0 aromatic heterocycles. The summed E-state index contributed by atoms with van der Waals surface area (Å²) in [6, 6.07) is 11.2. The topological polar surface area (TPSA) is 119 Å². The lowest BCUT2D eigenvalue weighted by Crippen LogP contribution is -2.16. The fourth-order valence-corrected chi connectivity index (χ4v) is 3.71. The van der Waals surface area contributed by atoms with Crippen molar-refractivity contribution in [1.82, 2.24) is 0 Å². The summed E-state index contributed by atoms with van der Waals surface area (Å²) in [6.45, 7) is 1.88. The molecule has 2 aromatic rings. The maximum absolute atomic E-state index is 12.5. The second-order valence-corrected chi connectivity index (χ2v) is 8.70. The highest BCUT2D eigenvalue weighted by molar-refractivity contribution is 7.93. The van der Waals surface area contributed by atoms with Crippen LogP contribution in [0.25, 0.3) is 0 Å². The first kappa shape index (κ1) is 19.7. The van der Waals surface area contributed by atoms with Crippen molar-refractivity contribution >= 4 is 37.4 Å². The Morgan fingerprint density at radius 1 is 0.923 bits per heavy atom. The molecule has 26 heavy (non-hydrogen) atoms. The molecule has 0 aliphatic rings. The van der Waals surface area contributed by atoms with E-state index < -0.39 is 26.0 Å². The smallest absolute Gasteiger partial charge is 0.338 e. The summed E-state index contributed by atoms with van der Waals surface area (Å²) < 4.78 is 57.3. The molecule has 140 valence electrons. The molecule has 0 bridgehead atoms. The molecule has 0 radical (unpaired) electrons. The normalized spacial score (nSPS) is 11.6. The van der Waals surface area contributed by atoms with Crippen LogP contribution in [0.2, 0.25) is 0 Å². The third-order valence-corrected chi connectivity index (χ3v) is 5.11. The number of hydrogen-bond acceptors (Lipinski definition) is 6. The third kappa shape index (κ3) is 5.20. The molecular formula is C16H18N2O6S2. The Morgan fingerprint density at radius 2 is 1.46 bits per heavy atom. The van der Waals surface area contributed by atoms with Crippen molar-refractivity contribution in [1.29, 1.82) is 0 Å². The number of anilines is 2. The predicted molar refractivity (Wildman–Crippen MR) is 98.1 cm³/mol. The van der Waals surface area contributed by atoms with Gasteiger partial charge in [0.05, 0.1) is 34.7 Å². The van der Waals surface area contributed by atoms with Crippen molar-refractivity contribution in [2.45, 2.75) is 11.8 Å². The highest BCUT2D eigenvalue weighted by Gasteiger charge is 2.18. The molecule has 0 unspecified atom stereocenters. The molecule has 2 aromatic carbocycles. The lowest BCUT2D eigenvalue weighted by Gasteiger charge is -2.13. The van der Waals surface area contributed by atoms with E-state index in [-0.39, 0.29) is 28.4 Å². The van der Waals surface area contributed by atoms with E-state index in [0.717, 1.165) is 6.26 Å². The van der Waals surface area contributed by atoms with Crippen LogP contribution in [0.15, 0.2) is 53.4 Å². The number of para-hydroxylation sites is 2. The molecule has 0 aliphatic carbocycles. The molecule has 0 heterocycles. The van der Waals surface area contributed by atoms with Crippen LogP contribution in [-0.4, -0.2) is 35.7 Å². The SMILES string of the molecule is CCOC(=O)c1ccc(S(=O)(=O)Nc2ccccc2NS(C)(=O)=O)cc1. The minimum Gasteiger partial charge on any atom is -0.462 e. The maximum atomic E-state index is 12.5. The molecule has 0 fully saturated rings. The largest absolute Gasteiger partial charge is 0.462 e. The Morgan fingerprint density at radius 3 is 1.96 bits per heavy atom. The number of benzene rings is 2. The van der Waals surface area contributed by atoms with Crippen molar-refractivity contribution in [3.8, 4) is 0 Å². The number of hydrogen-bond donors (Lipinski definition) is 2. The van der Waals surface area contributed by atoms with Crippen LogP contribution in [0.3, 0.4) is 0 Å². The van der Waals surface area contributed by atoms with Crippen molar-refractivity contribution in [2.24, 2.45) is 0 Å². The summed E-state index contributed by atoms with van der Waals surface area (Å²) in [7, 11) is -7.56. The van der Waals surface area contributed by atoms with Crippen LogP contribution in [0.5, 0.6) is 0 Å². The lowest BCUT2D eigenvalue weighted by molar-refractivity contribution is 0.0526. The summed E-state index contributed by atoms with van der Waals surface area (Å²) in [4.78, 5) is 11.5. The van der Waals surface area contributed by atoms with Crippen LogP contribution < -0.4 is 9.44 Å². The van der Waals surface area contributed by atoms with Crippen molar-refractivity contribution in [2.75, 3.05) is 22.3 Å². The zero-order chi connectivity index (χ0) is 19.4. The summed E-state index contributed by atoms with van der Waals surface area (Å²) >= 11 is 0. The number of ether oxygens (including phenoxy) is 1. The maximum Gasteiger partial charge on any atom is 0.338 e. The van der Waals surface area contributed by atoms with E-state index in [1.807, 2.05) is 0 Å². The molecule has 0 amide bonds. The fraction of sp³-hybridized carbons (Fsp3) is 0.188. The van der Waals surface area contributed by atoms with Gasteiger partial charge >= 0.3 is 5.97 Å². The Labute approximate surface area is 152 Å². The standard InChI is InChI=1S/C16H18N2O6S2/c1-3-24-16(19)12-8-10-13(11-9-12)26(22,23)18-15-7-5-4-6-14(15)17-25(2,20)21/h4-11,17-18H,3H2,1-2H3. The van der Waals surface area contributed by atoms with E-state index in [9.17, 15) is 21.6 Å². The van der Waals surface area contributed by atoms with Gasteiger partial charge in [-0.05, 0) is 43.3 Å². The van der Waals surface area contributed by atoms with E-state index in [1.165, 1.54) is 36.4 Å². The van der Waals surface area contributed by atoms with E-state index in [0.29, 0.717) is 0 Å². The zero-order valence-electron chi connectivity index (χ0n) is 14.1. The van der Waals surface area contributed by atoms with Crippen LogP contribution in [0.4, 0.5) is 11.4 Å². The number of carbonyl (C=O) groups excluding carboxylic acids is 1. The lowest BCUT2D eigenvalue weighted by atomic mass is 10.2. The second-order valence-electron chi connectivity index (χ2n) is 5.27. The van der Waals surface area contributed by atoms with E-state index in [1.54, 1.807) is 19.1 Å². The zero-order valence-corrected chi connectivity index (χ0v) is 15.7. The van der Waals surface area contributed by atoms with Gasteiger partial charge in [0.15, 0.2) is 0 Å². The quantitative estimate of drug-likeness (QED) is 0.689. The summed E-state index contributed by atoms with van der Waals surface area (Å²) in [6.07, 6.45) is 0.965. The van der Waals surface area contributed by atoms with Crippen LogP contribution in [0.1, 0.15) is 17.3 Å². The Hall–Kier alpha value is -2.59. The number of esters is 1. The number of carbonyl (C=O) groups is 1. The highest BCUT2D eigenvalue weighted by Crippen LogP contribution is 2.25. The molecule has 0 atom stereocenters. The third-order valence-electron chi connectivity index (χ3n) is 3.14. The van der Waals surface area contributed by atoms with Gasteiger partial charge in [-0.25, -0.2) is 21.6 Å². The van der Waals surface area contributed by atoms with Gasteiger partial charge < -0.3 is 4.74 Å². The van der Waals surface area contributed by atoms with Crippen molar-refractivity contribution in [3.05, 3.63) is 54.1 Å². The first-order valence-corrected chi connectivity index (χ1v) is 10.9. The Kier molecular flexibility index (Phi) is 5.88. The minimum absolute atomic E-state index is 0.0763. The average Bonchev–Trinajstić information content (AvgIpc) is 2.55.